The molecule has 17 heavy (non-hydrogen) atoms. The number of aryl methyl sites for hydroxylation is 1. The number of hydrogen-bond donors (Lipinski definition) is 1. The van der Waals surface area contributed by atoms with Crippen LogP contribution in [0.4, 0.5) is 0 Å². The number of nitrogens with zero attached hydrogens (tertiary/aromatic N) is 1. The summed E-state index contributed by atoms with van der Waals surface area (Å²) in [5.41, 5.74) is 9.78. The van der Waals surface area contributed by atoms with E-state index in [2.05, 4.69) is 36.6 Å². The summed E-state index contributed by atoms with van der Waals surface area (Å²) in [6.07, 6.45) is 3.22. The van der Waals surface area contributed by atoms with Gasteiger partial charge >= 0.3 is 0 Å². The Morgan fingerprint density at radius 1 is 1.35 bits per heavy atom. The maximum atomic E-state index is 6.12. The van der Waals surface area contributed by atoms with Crippen molar-refractivity contribution in [1.82, 2.24) is 4.98 Å². The van der Waals surface area contributed by atoms with Gasteiger partial charge in [-0.2, -0.15) is 0 Å². The second-order valence-electron chi connectivity index (χ2n) is 4.98. The predicted octanol–water partition coefficient (Wildman–Crippen LogP) is 3.15. The molecule has 3 heteroatoms. The van der Waals surface area contributed by atoms with E-state index in [4.69, 9.17) is 10.7 Å². The van der Waals surface area contributed by atoms with Crippen LogP contribution in [-0.4, -0.2) is 10.5 Å². The number of thiazole rings is 1. The largest absolute Gasteiger partial charge is 0.325 e. The fourth-order valence-electron chi connectivity index (χ4n) is 2.01. The molecular weight excluding hydrogens is 228 g/mol. The molecule has 1 saturated carbocycles. The molecule has 2 N–H and O–H groups in total. The summed E-state index contributed by atoms with van der Waals surface area (Å²) in [7, 11) is 0. The van der Waals surface area contributed by atoms with E-state index in [1.165, 1.54) is 16.1 Å². The minimum Gasteiger partial charge on any atom is -0.325 e. The van der Waals surface area contributed by atoms with Crippen molar-refractivity contribution in [2.24, 2.45) is 5.73 Å². The quantitative estimate of drug-likeness (QED) is 0.900. The molecule has 0 amide bonds. The van der Waals surface area contributed by atoms with E-state index in [0.29, 0.717) is 0 Å². The summed E-state index contributed by atoms with van der Waals surface area (Å²) in [4.78, 5) is 4.71. The van der Waals surface area contributed by atoms with Gasteiger partial charge in [-0.3, -0.25) is 0 Å². The fourth-order valence-corrected chi connectivity index (χ4v) is 2.96. The molecule has 3 rings (SSSR count). The number of rotatable bonds is 3. The molecule has 1 aromatic heterocycles. The van der Waals surface area contributed by atoms with Crippen molar-refractivity contribution in [2.45, 2.75) is 31.7 Å². The van der Waals surface area contributed by atoms with Crippen LogP contribution < -0.4 is 5.73 Å². The second kappa shape index (κ2) is 3.93. The lowest BCUT2D eigenvalue weighted by Crippen LogP contribution is -2.24. The van der Waals surface area contributed by atoms with E-state index in [1.54, 1.807) is 11.3 Å². The van der Waals surface area contributed by atoms with Crippen LogP contribution in [0, 0.1) is 6.92 Å². The van der Waals surface area contributed by atoms with Crippen LogP contribution in [0.25, 0.3) is 11.3 Å². The Balaban J connectivity index is 1.87. The Labute approximate surface area is 106 Å². The molecule has 0 radical (unpaired) electrons. The smallest absolute Gasteiger partial charge is 0.0950 e. The average Bonchev–Trinajstić information content (AvgIpc) is 2.86. The second-order valence-corrected chi connectivity index (χ2v) is 5.92. The average molecular weight is 244 g/mol. The van der Waals surface area contributed by atoms with Crippen molar-refractivity contribution in [3.8, 4) is 11.3 Å². The van der Waals surface area contributed by atoms with E-state index in [9.17, 15) is 0 Å². The standard InChI is InChI=1S/C14H16N2S/c1-10-4-2-3-5-11(10)12-9-17-13(16-12)8-14(15)6-7-14/h2-5,9H,6-8,15H2,1H3. The Bertz CT molecular complexity index is 541. The summed E-state index contributed by atoms with van der Waals surface area (Å²) in [5, 5.41) is 3.31. The molecule has 2 aromatic rings. The molecule has 0 aliphatic heterocycles. The van der Waals surface area contributed by atoms with Gasteiger partial charge < -0.3 is 5.73 Å². The van der Waals surface area contributed by atoms with Crippen LogP contribution in [0.1, 0.15) is 23.4 Å². The molecule has 0 saturated heterocycles. The highest BCUT2D eigenvalue weighted by Crippen LogP contribution is 2.37. The van der Waals surface area contributed by atoms with E-state index in [-0.39, 0.29) is 5.54 Å². The molecule has 0 atom stereocenters. The molecule has 1 aliphatic carbocycles. The molecule has 0 spiro atoms. The molecular formula is C14H16N2S. The van der Waals surface area contributed by atoms with Crippen molar-refractivity contribution in [2.75, 3.05) is 0 Å². The molecule has 0 unspecified atom stereocenters. The minimum atomic E-state index is 0.0564. The zero-order chi connectivity index (χ0) is 11.9. The van der Waals surface area contributed by atoms with E-state index in [0.717, 1.165) is 25.0 Å². The molecule has 1 heterocycles. The molecule has 1 aliphatic rings. The highest BCUT2D eigenvalue weighted by atomic mass is 32.1. The summed E-state index contributed by atoms with van der Waals surface area (Å²) in [5.74, 6) is 0. The molecule has 2 nitrogen and oxygen atoms in total. The van der Waals surface area contributed by atoms with Crippen LogP contribution >= 0.6 is 11.3 Å². The van der Waals surface area contributed by atoms with E-state index < -0.39 is 0 Å². The van der Waals surface area contributed by atoms with E-state index in [1.807, 2.05) is 0 Å². The monoisotopic (exact) mass is 244 g/mol. The molecule has 0 bridgehead atoms. The molecule has 1 aromatic carbocycles. The summed E-state index contributed by atoms with van der Waals surface area (Å²) < 4.78 is 0. The van der Waals surface area contributed by atoms with Crippen LogP contribution in [0.5, 0.6) is 0 Å². The third kappa shape index (κ3) is 2.26. The lowest BCUT2D eigenvalue weighted by Gasteiger charge is -2.04. The lowest BCUT2D eigenvalue weighted by atomic mass is 10.1. The molecule has 1 fully saturated rings. The fraction of sp³-hybridized carbons (Fsp3) is 0.357. The summed E-state index contributed by atoms with van der Waals surface area (Å²) in [6, 6.07) is 8.38. The van der Waals surface area contributed by atoms with Gasteiger partial charge in [0.05, 0.1) is 10.7 Å². The highest BCUT2D eigenvalue weighted by Gasteiger charge is 2.38. The first-order chi connectivity index (χ1) is 8.16. The first-order valence-electron chi connectivity index (χ1n) is 5.96. The SMILES string of the molecule is Cc1ccccc1-c1csc(CC2(N)CC2)n1. The first kappa shape index (κ1) is 10.9. The number of aromatic nitrogens is 1. The van der Waals surface area contributed by atoms with Crippen molar-refractivity contribution in [3.63, 3.8) is 0 Å². The van der Waals surface area contributed by atoms with Gasteiger partial charge in [-0.25, -0.2) is 4.98 Å². The first-order valence-corrected chi connectivity index (χ1v) is 6.84. The van der Waals surface area contributed by atoms with Crippen LogP contribution in [0.3, 0.4) is 0 Å². The van der Waals surface area contributed by atoms with Crippen molar-refractivity contribution >= 4 is 11.3 Å². The lowest BCUT2D eigenvalue weighted by molar-refractivity contribution is 0.669. The van der Waals surface area contributed by atoms with Gasteiger partial charge in [-0.05, 0) is 25.3 Å². The van der Waals surface area contributed by atoms with Gasteiger partial charge in [0, 0.05) is 22.9 Å². The Morgan fingerprint density at radius 2 is 2.12 bits per heavy atom. The maximum Gasteiger partial charge on any atom is 0.0950 e. The highest BCUT2D eigenvalue weighted by molar-refractivity contribution is 7.10. The van der Waals surface area contributed by atoms with Gasteiger partial charge in [0.25, 0.3) is 0 Å². The van der Waals surface area contributed by atoms with Gasteiger partial charge in [0.15, 0.2) is 0 Å². The Hall–Kier alpha value is -1.19. The third-order valence-electron chi connectivity index (χ3n) is 3.37. The minimum absolute atomic E-state index is 0.0564. The normalized spacial score (nSPS) is 17.1. The van der Waals surface area contributed by atoms with Crippen molar-refractivity contribution in [1.29, 1.82) is 0 Å². The van der Waals surface area contributed by atoms with Gasteiger partial charge in [0.1, 0.15) is 0 Å². The van der Waals surface area contributed by atoms with E-state index >= 15 is 0 Å². The van der Waals surface area contributed by atoms with Crippen LogP contribution in [0.2, 0.25) is 0 Å². The van der Waals surface area contributed by atoms with Crippen LogP contribution in [0.15, 0.2) is 29.6 Å². The van der Waals surface area contributed by atoms with Gasteiger partial charge in [-0.1, -0.05) is 24.3 Å². The zero-order valence-corrected chi connectivity index (χ0v) is 10.8. The number of hydrogen-bond acceptors (Lipinski definition) is 3. The topological polar surface area (TPSA) is 38.9 Å². The summed E-state index contributed by atoms with van der Waals surface area (Å²) >= 11 is 1.73. The number of nitrogens with two attached hydrogens (primary N) is 1. The van der Waals surface area contributed by atoms with Gasteiger partial charge in [0.2, 0.25) is 0 Å². The van der Waals surface area contributed by atoms with Crippen molar-refractivity contribution < 1.29 is 0 Å². The zero-order valence-electron chi connectivity index (χ0n) is 9.94. The van der Waals surface area contributed by atoms with Crippen molar-refractivity contribution in [3.05, 3.63) is 40.2 Å². The summed E-state index contributed by atoms with van der Waals surface area (Å²) in [6.45, 7) is 2.12. The Morgan fingerprint density at radius 3 is 2.82 bits per heavy atom. The van der Waals surface area contributed by atoms with Gasteiger partial charge in [-0.15, -0.1) is 11.3 Å². The number of benzene rings is 1. The molecule has 88 valence electrons. The van der Waals surface area contributed by atoms with Crippen LogP contribution in [-0.2, 0) is 6.42 Å². The third-order valence-corrected chi connectivity index (χ3v) is 4.22. The predicted molar refractivity (Wildman–Crippen MR) is 72.1 cm³/mol. The maximum absolute atomic E-state index is 6.12. The Kier molecular flexibility index (Phi) is 2.53.